The Kier molecular flexibility index (Phi) is 9.20. The number of allylic oxidation sites excluding steroid dienone is 8. The van der Waals surface area contributed by atoms with E-state index in [0.29, 0.717) is 6.42 Å². The van der Waals surface area contributed by atoms with Gasteiger partial charge >= 0.3 is 0 Å². The van der Waals surface area contributed by atoms with Crippen molar-refractivity contribution in [1.82, 2.24) is 0 Å². The first-order chi connectivity index (χ1) is 13.9. The second kappa shape index (κ2) is 10.7. The minimum Gasteiger partial charge on any atom is -0.510 e. The van der Waals surface area contributed by atoms with Gasteiger partial charge in [-0.15, -0.1) is 0 Å². The van der Waals surface area contributed by atoms with E-state index >= 15 is 0 Å². The van der Waals surface area contributed by atoms with E-state index in [1.54, 1.807) is 6.92 Å². The molecule has 2 unspecified atom stereocenters. The summed E-state index contributed by atoms with van der Waals surface area (Å²) in [6.45, 7) is 15.2. The van der Waals surface area contributed by atoms with Crippen LogP contribution in [-0.4, -0.2) is 22.5 Å². The van der Waals surface area contributed by atoms with Gasteiger partial charge in [0.2, 0.25) is 0 Å². The highest BCUT2D eigenvalue weighted by Crippen LogP contribution is 2.46. The van der Waals surface area contributed by atoms with Gasteiger partial charge in [-0.05, 0) is 67.2 Å². The molecule has 0 radical (unpaired) electrons. The normalized spacial score (nSPS) is 19.3. The van der Waals surface area contributed by atoms with E-state index in [0.717, 1.165) is 16.7 Å². The molecule has 0 saturated heterocycles. The molecule has 166 valence electrons. The molecule has 1 N–H and O–H groups in total. The van der Waals surface area contributed by atoms with E-state index in [-0.39, 0.29) is 42.2 Å². The van der Waals surface area contributed by atoms with Crippen LogP contribution in [-0.2, 0) is 14.4 Å². The molecule has 0 aliphatic heterocycles. The molecule has 0 heterocycles. The van der Waals surface area contributed by atoms with Crippen LogP contribution in [0.15, 0.2) is 46.3 Å². The fraction of sp³-hybridized carbons (Fsp3) is 0.577. The average molecular weight is 415 g/mol. The molecule has 0 aromatic heterocycles. The first-order valence-electron chi connectivity index (χ1n) is 10.9. The molecule has 0 amide bonds. The third kappa shape index (κ3) is 5.68. The summed E-state index contributed by atoms with van der Waals surface area (Å²) in [7, 11) is 0. The molecular formula is C26H38O4. The minimum atomic E-state index is -1.29. The smallest absolute Gasteiger partial charge is 0.180 e. The summed E-state index contributed by atoms with van der Waals surface area (Å²) in [5.41, 5.74) is 1.57. The summed E-state index contributed by atoms with van der Waals surface area (Å²) < 4.78 is 0. The minimum absolute atomic E-state index is 0.166. The molecule has 1 aliphatic carbocycles. The molecule has 2 atom stereocenters. The molecule has 0 bridgehead atoms. The zero-order chi connectivity index (χ0) is 23.2. The van der Waals surface area contributed by atoms with Gasteiger partial charge in [0.1, 0.15) is 11.3 Å². The second-order valence-corrected chi connectivity index (χ2v) is 9.25. The first kappa shape index (κ1) is 25.8. The highest BCUT2D eigenvalue weighted by Gasteiger charge is 2.53. The quantitative estimate of drug-likeness (QED) is 0.275. The summed E-state index contributed by atoms with van der Waals surface area (Å²) in [6, 6.07) is 0. The second-order valence-electron chi connectivity index (χ2n) is 9.25. The van der Waals surface area contributed by atoms with Crippen LogP contribution in [0, 0.1) is 17.3 Å². The van der Waals surface area contributed by atoms with Crippen molar-refractivity contribution in [2.45, 2.75) is 81.1 Å². The van der Waals surface area contributed by atoms with E-state index in [4.69, 9.17) is 0 Å². The van der Waals surface area contributed by atoms with Crippen molar-refractivity contribution >= 4 is 17.3 Å². The van der Waals surface area contributed by atoms with Gasteiger partial charge in [-0.25, -0.2) is 0 Å². The number of carbonyl (C=O) groups is 3. The van der Waals surface area contributed by atoms with Crippen molar-refractivity contribution in [1.29, 1.82) is 0 Å². The summed E-state index contributed by atoms with van der Waals surface area (Å²) in [6.07, 6.45) is 7.01. The fourth-order valence-corrected chi connectivity index (χ4v) is 3.57. The van der Waals surface area contributed by atoms with E-state index in [1.165, 1.54) is 0 Å². The predicted molar refractivity (Wildman–Crippen MR) is 122 cm³/mol. The molecular weight excluding hydrogens is 376 g/mol. The summed E-state index contributed by atoms with van der Waals surface area (Å²) >= 11 is 0. The molecule has 30 heavy (non-hydrogen) atoms. The van der Waals surface area contributed by atoms with Crippen molar-refractivity contribution in [2.24, 2.45) is 17.3 Å². The Morgan fingerprint density at radius 1 is 0.967 bits per heavy atom. The molecule has 0 aromatic carbocycles. The Labute approximate surface area is 181 Å². The number of Topliss-reactive ketones (excluding diaryl/α,β-unsaturated/α-hetero) is 3. The van der Waals surface area contributed by atoms with Gasteiger partial charge in [0.15, 0.2) is 17.3 Å². The maximum absolute atomic E-state index is 13.7. The molecule has 0 fully saturated rings. The van der Waals surface area contributed by atoms with Crippen molar-refractivity contribution in [3.8, 4) is 0 Å². The largest absolute Gasteiger partial charge is 0.510 e. The Morgan fingerprint density at radius 3 is 1.83 bits per heavy atom. The van der Waals surface area contributed by atoms with E-state index in [9.17, 15) is 19.5 Å². The number of hydrogen-bond donors (Lipinski definition) is 1. The van der Waals surface area contributed by atoms with Gasteiger partial charge in [-0.2, -0.15) is 0 Å². The standard InChI is InChI=1S/C26H38O4/c1-9-19(8)22(27)21-23(28)20(11-10-16(2)3)24(29)26(25(21)30,14-12-17(4)5)15-13-18(6)7/h10,12-13,19-20,30H,9,11,14-15H2,1-8H3. The maximum atomic E-state index is 13.7. The zero-order valence-electron chi connectivity index (χ0n) is 19.9. The third-order valence-corrected chi connectivity index (χ3v) is 5.83. The summed E-state index contributed by atoms with van der Waals surface area (Å²) in [5, 5.41) is 11.3. The lowest BCUT2D eigenvalue weighted by molar-refractivity contribution is -0.140. The number of hydrogen-bond acceptors (Lipinski definition) is 4. The Balaban J connectivity index is 3.82. The number of carbonyl (C=O) groups excluding carboxylic acids is 3. The van der Waals surface area contributed by atoms with E-state index in [1.807, 2.05) is 66.7 Å². The van der Waals surface area contributed by atoms with E-state index < -0.39 is 23.0 Å². The van der Waals surface area contributed by atoms with Crippen LogP contribution in [0.3, 0.4) is 0 Å². The van der Waals surface area contributed by atoms with Gasteiger partial charge in [0.05, 0.1) is 11.3 Å². The third-order valence-electron chi connectivity index (χ3n) is 5.83. The van der Waals surface area contributed by atoms with Crippen LogP contribution in [0.5, 0.6) is 0 Å². The number of aliphatic hydroxyl groups is 1. The molecule has 1 aliphatic rings. The number of aliphatic hydroxyl groups excluding tert-OH is 1. The lowest BCUT2D eigenvalue weighted by atomic mass is 9.62. The Morgan fingerprint density at radius 2 is 1.43 bits per heavy atom. The van der Waals surface area contributed by atoms with Crippen LogP contribution in [0.25, 0.3) is 0 Å². The van der Waals surface area contributed by atoms with Gasteiger partial charge in [0.25, 0.3) is 0 Å². The van der Waals surface area contributed by atoms with Crippen LogP contribution >= 0.6 is 0 Å². The average Bonchev–Trinajstić information content (AvgIpc) is 2.66. The number of ketones is 3. The summed E-state index contributed by atoms with van der Waals surface area (Å²) in [4.78, 5) is 40.1. The highest BCUT2D eigenvalue weighted by molar-refractivity contribution is 6.29. The predicted octanol–water partition coefficient (Wildman–Crippen LogP) is 6.24. The van der Waals surface area contributed by atoms with Crippen LogP contribution < -0.4 is 0 Å². The Hall–Kier alpha value is -2.23. The Bertz CT molecular complexity index is 788. The van der Waals surface area contributed by atoms with E-state index in [2.05, 4.69) is 0 Å². The number of rotatable bonds is 9. The maximum Gasteiger partial charge on any atom is 0.180 e. The molecule has 0 aromatic rings. The van der Waals surface area contributed by atoms with Crippen LogP contribution in [0.4, 0.5) is 0 Å². The van der Waals surface area contributed by atoms with Crippen molar-refractivity contribution in [3.05, 3.63) is 46.3 Å². The fourth-order valence-electron chi connectivity index (χ4n) is 3.57. The molecule has 0 saturated carbocycles. The van der Waals surface area contributed by atoms with Gasteiger partial charge in [-0.1, -0.05) is 48.8 Å². The molecule has 4 nitrogen and oxygen atoms in total. The van der Waals surface area contributed by atoms with Crippen LogP contribution in [0.2, 0.25) is 0 Å². The van der Waals surface area contributed by atoms with Gasteiger partial charge in [-0.3, -0.25) is 14.4 Å². The molecule has 0 spiro atoms. The van der Waals surface area contributed by atoms with Gasteiger partial charge in [0, 0.05) is 5.92 Å². The zero-order valence-corrected chi connectivity index (χ0v) is 19.9. The lowest BCUT2D eigenvalue weighted by Crippen LogP contribution is -2.48. The SMILES string of the molecule is CCC(C)C(=O)C1=C(O)C(CC=C(C)C)(CC=C(C)C)C(=O)C(CC=C(C)C)C1=O. The molecule has 1 rings (SSSR count). The van der Waals surface area contributed by atoms with Crippen molar-refractivity contribution in [3.63, 3.8) is 0 Å². The van der Waals surface area contributed by atoms with Crippen LogP contribution in [0.1, 0.15) is 81.1 Å². The monoisotopic (exact) mass is 414 g/mol. The topological polar surface area (TPSA) is 71.4 Å². The summed E-state index contributed by atoms with van der Waals surface area (Å²) in [5.74, 6) is -2.88. The molecule has 4 heteroatoms. The first-order valence-corrected chi connectivity index (χ1v) is 10.9. The van der Waals surface area contributed by atoms with Gasteiger partial charge < -0.3 is 5.11 Å². The lowest BCUT2D eigenvalue weighted by Gasteiger charge is -2.38. The highest BCUT2D eigenvalue weighted by atomic mass is 16.3. The van der Waals surface area contributed by atoms with Crippen molar-refractivity contribution < 1.29 is 19.5 Å². The van der Waals surface area contributed by atoms with Crippen molar-refractivity contribution in [2.75, 3.05) is 0 Å².